The number of nitrogens with one attached hydrogen (secondary N) is 1. The summed E-state index contributed by atoms with van der Waals surface area (Å²) < 4.78 is 14.2. The number of carboxylic acid groups (broad SMARTS) is 1. The van der Waals surface area contributed by atoms with Crippen LogP contribution in [0.2, 0.25) is 0 Å². The van der Waals surface area contributed by atoms with Crippen molar-refractivity contribution in [3.8, 4) is 11.1 Å². The Balaban J connectivity index is 1.27. The van der Waals surface area contributed by atoms with E-state index < -0.39 is 5.97 Å². The zero-order chi connectivity index (χ0) is 24.1. The minimum atomic E-state index is -0.673. The lowest BCUT2D eigenvalue weighted by atomic mass is 9.83. The highest BCUT2D eigenvalue weighted by Gasteiger charge is 2.30. The van der Waals surface area contributed by atoms with Gasteiger partial charge in [-0.05, 0) is 73.4 Å². The molecule has 0 spiro atoms. The molecule has 35 heavy (non-hydrogen) atoms. The first kappa shape index (κ1) is 22.3. The van der Waals surface area contributed by atoms with Gasteiger partial charge in [0.05, 0.1) is 0 Å². The quantitative estimate of drug-likeness (QED) is 0.527. The summed E-state index contributed by atoms with van der Waals surface area (Å²) in [7, 11) is 2.07. The van der Waals surface area contributed by atoms with Crippen molar-refractivity contribution in [1.29, 1.82) is 0 Å². The number of carboxylic acids is 1. The molecule has 0 bridgehead atoms. The summed E-state index contributed by atoms with van der Waals surface area (Å²) in [5.41, 5.74) is 7.54. The molecule has 1 aliphatic carbocycles. The van der Waals surface area contributed by atoms with Crippen LogP contribution in [0.3, 0.4) is 0 Å². The van der Waals surface area contributed by atoms with Gasteiger partial charge in [0.15, 0.2) is 0 Å². The van der Waals surface area contributed by atoms with E-state index in [9.17, 15) is 9.18 Å². The molecule has 0 unspecified atom stereocenters. The second-order valence-electron chi connectivity index (χ2n) is 10.3. The van der Waals surface area contributed by atoms with Crippen LogP contribution in [-0.4, -0.2) is 52.1 Å². The number of aromatic nitrogens is 2. The van der Waals surface area contributed by atoms with Gasteiger partial charge in [-0.25, -0.2) is 9.37 Å². The largest absolute Gasteiger partial charge is 0.481 e. The number of hydrogen-bond acceptors (Lipinski definition) is 4. The molecule has 2 aromatic heterocycles. The maximum Gasteiger partial charge on any atom is 0.303 e. The Morgan fingerprint density at radius 2 is 2.03 bits per heavy atom. The molecule has 2 aliphatic heterocycles. The van der Waals surface area contributed by atoms with Crippen LogP contribution in [0, 0.1) is 11.7 Å². The Morgan fingerprint density at radius 3 is 2.77 bits per heavy atom. The number of benzene rings is 1. The predicted molar refractivity (Wildman–Crippen MR) is 136 cm³/mol. The van der Waals surface area contributed by atoms with E-state index >= 15 is 0 Å². The Kier molecular flexibility index (Phi) is 5.60. The van der Waals surface area contributed by atoms with Crippen LogP contribution >= 0.6 is 0 Å². The van der Waals surface area contributed by atoms with Crippen LogP contribution in [0.15, 0.2) is 36.5 Å². The lowest BCUT2D eigenvalue weighted by molar-refractivity contribution is -0.138. The first-order valence-electron chi connectivity index (χ1n) is 12.6. The monoisotopic (exact) mass is 474 g/mol. The molecule has 1 saturated carbocycles. The van der Waals surface area contributed by atoms with Gasteiger partial charge in [0.25, 0.3) is 0 Å². The second-order valence-corrected chi connectivity index (χ2v) is 10.3. The Bertz CT molecular complexity index is 1320. The van der Waals surface area contributed by atoms with Crippen LogP contribution in [0.1, 0.15) is 49.8 Å². The number of carbonyl (C=O) groups is 1. The average Bonchev–Trinajstić information content (AvgIpc) is 3.16. The molecule has 3 aliphatic rings. The molecule has 6 rings (SSSR count). The number of H-pyrrole nitrogens is 1. The fourth-order valence-corrected chi connectivity index (χ4v) is 6.42. The second kappa shape index (κ2) is 8.79. The molecule has 7 heteroatoms. The summed E-state index contributed by atoms with van der Waals surface area (Å²) in [5, 5.41) is 10.2. The topological polar surface area (TPSA) is 72.5 Å². The summed E-state index contributed by atoms with van der Waals surface area (Å²) in [6.07, 6.45) is 9.63. The lowest BCUT2D eigenvalue weighted by Gasteiger charge is -2.38. The molecule has 0 amide bonds. The SMILES string of the molecule is CN1Cc2c(C3=CCN([C@H]4CC[C@@H](CC(=O)O)CC4)CC3)[nH]c3nccc(c23)-c2cc(F)ccc21. The maximum absolute atomic E-state index is 14.2. The highest BCUT2D eigenvalue weighted by atomic mass is 19.1. The molecule has 3 aromatic rings. The number of rotatable bonds is 4. The van der Waals surface area contributed by atoms with Gasteiger partial charge in [-0.1, -0.05) is 6.08 Å². The Morgan fingerprint density at radius 1 is 1.20 bits per heavy atom. The van der Waals surface area contributed by atoms with Crippen LogP contribution in [-0.2, 0) is 11.3 Å². The molecular weight excluding hydrogens is 443 g/mol. The molecule has 182 valence electrons. The molecule has 0 saturated heterocycles. The van der Waals surface area contributed by atoms with Gasteiger partial charge in [-0.2, -0.15) is 0 Å². The highest BCUT2D eigenvalue weighted by molar-refractivity contribution is 6.02. The Labute approximate surface area is 204 Å². The first-order chi connectivity index (χ1) is 17.0. The van der Waals surface area contributed by atoms with E-state index in [2.05, 4.69) is 32.9 Å². The Hall–Kier alpha value is -3.19. The molecule has 0 radical (unpaired) electrons. The smallest absolute Gasteiger partial charge is 0.303 e. The normalized spacial score (nSPS) is 22.6. The van der Waals surface area contributed by atoms with Crippen molar-refractivity contribution in [2.24, 2.45) is 5.92 Å². The van der Waals surface area contributed by atoms with E-state index in [0.29, 0.717) is 18.4 Å². The number of anilines is 1. The maximum atomic E-state index is 14.2. The molecule has 0 atom stereocenters. The summed E-state index contributed by atoms with van der Waals surface area (Å²) in [4.78, 5) is 24.0. The summed E-state index contributed by atoms with van der Waals surface area (Å²) in [6.45, 7) is 2.66. The number of fused-ring (bicyclic) bond motifs is 2. The van der Waals surface area contributed by atoms with E-state index in [1.807, 2.05) is 12.1 Å². The van der Waals surface area contributed by atoms with Crippen molar-refractivity contribution in [3.63, 3.8) is 0 Å². The van der Waals surface area contributed by atoms with Crippen molar-refractivity contribution in [2.45, 2.75) is 51.1 Å². The van der Waals surface area contributed by atoms with Crippen LogP contribution < -0.4 is 4.90 Å². The van der Waals surface area contributed by atoms with Crippen LogP contribution in [0.5, 0.6) is 0 Å². The predicted octanol–water partition coefficient (Wildman–Crippen LogP) is 5.44. The third-order valence-electron chi connectivity index (χ3n) is 8.21. The van der Waals surface area contributed by atoms with Gasteiger partial charge in [-0.3, -0.25) is 9.69 Å². The van der Waals surface area contributed by atoms with Crippen molar-refractivity contribution >= 4 is 28.3 Å². The number of pyridine rings is 1. The van der Waals surface area contributed by atoms with Gasteiger partial charge < -0.3 is 15.0 Å². The van der Waals surface area contributed by atoms with E-state index in [-0.39, 0.29) is 5.82 Å². The molecular formula is C28H31FN4O2. The van der Waals surface area contributed by atoms with Crippen molar-refractivity contribution < 1.29 is 14.3 Å². The van der Waals surface area contributed by atoms with Gasteiger partial charge in [0.2, 0.25) is 0 Å². The molecule has 2 N–H and O–H groups in total. The molecule has 1 fully saturated rings. The number of nitrogens with zero attached hydrogens (tertiary/aromatic N) is 3. The minimum absolute atomic E-state index is 0.228. The number of hydrogen-bond donors (Lipinski definition) is 2. The number of halogens is 1. The fourth-order valence-electron chi connectivity index (χ4n) is 6.42. The fraction of sp³-hybridized carbons (Fsp3) is 0.429. The lowest BCUT2D eigenvalue weighted by Crippen LogP contribution is -2.40. The summed E-state index contributed by atoms with van der Waals surface area (Å²) in [6, 6.07) is 7.58. The van der Waals surface area contributed by atoms with Crippen molar-refractivity contribution in [3.05, 3.63) is 53.6 Å². The van der Waals surface area contributed by atoms with E-state index in [1.54, 1.807) is 12.3 Å². The van der Waals surface area contributed by atoms with E-state index in [1.165, 1.54) is 17.2 Å². The molecule has 1 aromatic carbocycles. The van der Waals surface area contributed by atoms with Crippen molar-refractivity contribution in [1.82, 2.24) is 14.9 Å². The standard InChI is InChI=1S/C28H31FN4O2/c1-32-16-23-26-21(22-15-19(29)4-7-24(22)32)8-11-30-28(26)31-27(23)18-9-12-33(13-10-18)20-5-2-17(3-6-20)14-25(34)35/h4,7-9,11,15,17,20H,2-3,5-6,10,12-14,16H2,1H3,(H,30,31)(H,34,35)/t17-,20+. The minimum Gasteiger partial charge on any atom is -0.481 e. The molecule has 4 heterocycles. The summed E-state index contributed by atoms with van der Waals surface area (Å²) in [5.74, 6) is -0.568. The van der Waals surface area contributed by atoms with Gasteiger partial charge in [0, 0.05) is 73.2 Å². The zero-order valence-electron chi connectivity index (χ0n) is 20.1. The van der Waals surface area contributed by atoms with Crippen LogP contribution in [0.25, 0.3) is 27.7 Å². The number of aliphatic carboxylic acids is 1. The van der Waals surface area contributed by atoms with E-state index in [0.717, 1.165) is 85.3 Å². The number of aromatic amines is 1. The van der Waals surface area contributed by atoms with E-state index in [4.69, 9.17) is 5.11 Å². The molecule has 6 nitrogen and oxygen atoms in total. The first-order valence-corrected chi connectivity index (χ1v) is 12.6. The zero-order valence-corrected chi connectivity index (χ0v) is 20.1. The van der Waals surface area contributed by atoms with Gasteiger partial charge in [-0.15, -0.1) is 0 Å². The van der Waals surface area contributed by atoms with Crippen molar-refractivity contribution in [2.75, 3.05) is 25.0 Å². The third kappa shape index (κ3) is 4.01. The van der Waals surface area contributed by atoms with Crippen LogP contribution in [0.4, 0.5) is 10.1 Å². The highest BCUT2D eigenvalue weighted by Crippen LogP contribution is 2.43. The third-order valence-corrected chi connectivity index (χ3v) is 8.21. The average molecular weight is 475 g/mol. The summed E-state index contributed by atoms with van der Waals surface area (Å²) >= 11 is 0. The van der Waals surface area contributed by atoms with Gasteiger partial charge >= 0.3 is 5.97 Å². The van der Waals surface area contributed by atoms with Gasteiger partial charge in [0.1, 0.15) is 11.5 Å².